The summed E-state index contributed by atoms with van der Waals surface area (Å²) in [6.45, 7) is 7.41. The van der Waals surface area contributed by atoms with Crippen LogP contribution in [0.1, 0.15) is 86.7 Å². The Labute approximate surface area is 247 Å². The molecule has 5 rings (SSSR count). The standard InChI is InChI=1S/C31H38ClN3O3S2/c1-20(2)29-28-30(21(3)35(29)19-24-8-12-25(32)13-9-24)39-31(34-28)33-27(36)18-23-10-14-26(15-11-23)40(37,38)17-16-22-6-4-5-7-22/h8-15,20-22,29H,4-7,16-19H2,1-3H3,(H,33,34,36)/t21?,29-/m0/s1. The van der Waals surface area contributed by atoms with Crippen molar-refractivity contribution in [1.82, 2.24) is 9.88 Å². The van der Waals surface area contributed by atoms with Crippen LogP contribution in [0.15, 0.2) is 53.4 Å². The molecule has 2 aliphatic rings. The highest BCUT2D eigenvalue weighted by Crippen LogP contribution is 2.49. The smallest absolute Gasteiger partial charge is 0.230 e. The number of nitrogens with zero attached hydrogens (tertiary/aromatic N) is 2. The molecule has 6 nitrogen and oxygen atoms in total. The summed E-state index contributed by atoms with van der Waals surface area (Å²) in [7, 11) is -3.30. The van der Waals surface area contributed by atoms with Gasteiger partial charge >= 0.3 is 0 Å². The van der Waals surface area contributed by atoms with Gasteiger partial charge in [0.15, 0.2) is 15.0 Å². The first-order valence-corrected chi connectivity index (χ1v) is 17.1. The first kappa shape index (κ1) is 29.2. The maximum Gasteiger partial charge on any atom is 0.230 e. The summed E-state index contributed by atoms with van der Waals surface area (Å²) in [5.74, 6) is 0.931. The first-order valence-electron chi connectivity index (χ1n) is 14.2. The number of anilines is 1. The summed E-state index contributed by atoms with van der Waals surface area (Å²) >= 11 is 7.62. The molecule has 2 atom stereocenters. The van der Waals surface area contributed by atoms with Crippen molar-refractivity contribution >= 4 is 43.8 Å². The third-order valence-electron chi connectivity index (χ3n) is 8.27. The molecule has 0 radical (unpaired) electrons. The van der Waals surface area contributed by atoms with Gasteiger partial charge in [-0.1, -0.05) is 86.7 Å². The van der Waals surface area contributed by atoms with E-state index in [4.69, 9.17) is 16.6 Å². The van der Waals surface area contributed by atoms with Crippen LogP contribution in [0.3, 0.4) is 0 Å². The van der Waals surface area contributed by atoms with E-state index >= 15 is 0 Å². The number of hydrogen-bond acceptors (Lipinski definition) is 6. The Hall–Kier alpha value is -2.26. The molecule has 1 aromatic heterocycles. The molecule has 1 N–H and O–H groups in total. The van der Waals surface area contributed by atoms with E-state index in [1.165, 1.54) is 23.3 Å². The molecule has 9 heteroatoms. The van der Waals surface area contributed by atoms with Gasteiger partial charge in [0.1, 0.15) is 0 Å². The molecule has 1 fully saturated rings. The van der Waals surface area contributed by atoms with Gasteiger partial charge in [0.05, 0.1) is 28.8 Å². The molecule has 0 spiro atoms. The average molecular weight is 600 g/mol. The normalized spacial score (nSPS) is 19.8. The lowest BCUT2D eigenvalue weighted by atomic mass is 10.0. The molecule has 0 bridgehead atoms. The second kappa shape index (κ2) is 12.3. The summed E-state index contributed by atoms with van der Waals surface area (Å²) < 4.78 is 25.6. The molecule has 2 aromatic carbocycles. The van der Waals surface area contributed by atoms with Crippen molar-refractivity contribution in [2.45, 2.75) is 82.8 Å². The molecular weight excluding hydrogens is 562 g/mol. The summed E-state index contributed by atoms with van der Waals surface area (Å²) in [5, 5.41) is 4.33. The van der Waals surface area contributed by atoms with Gasteiger partial charge in [-0.3, -0.25) is 9.69 Å². The zero-order valence-electron chi connectivity index (χ0n) is 23.4. The lowest BCUT2D eigenvalue weighted by Gasteiger charge is -2.31. The van der Waals surface area contributed by atoms with E-state index in [9.17, 15) is 13.2 Å². The van der Waals surface area contributed by atoms with Crippen LogP contribution < -0.4 is 5.32 Å². The van der Waals surface area contributed by atoms with Crippen molar-refractivity contribution in [2.24, 2.45) is 11.8 Å². The number of nitrogens with one attached hydrogen (secondary N) is 1. The van der Waals surface area contributed by atoms with E-state index in [2.05, 4.69) is 43.1 Å². The zero-order chi connectivity index (χ0) is 28.4. The third-order valence-corrected chi connectivity index (χ3v) is 11.4. The Morgan fingerprint density at radius 3 is 2.38 bits per heavy atom. The number of fused-ring (bicyclic) bond motifs is 1. The van der Waals surface area contributed by atoms with Crippen LogP contribution in [-0.2, 0) is 27.6 Å². The fraction of sp³-hybridized carbons (Fsp3) is 0.484. The summed E-state index contributed by atoms with van der Waals surface area (Å²) in [5.41, 5.74) is 3.03. The van der Waals surface area contributed by atoms with Crippen LogP contribution >= 0.6 is 22.9 Å². The lowest BCUT2D eigenvalue weighted by molar-refractivity contribution is -0.115. The first-order chi connectivity index (χ1) is 19.1. The van der Waals surface area contributed by atoms with Crippen molar-refractivity contribution in [3.8, 4) is 0 Å². The second-order valence-electron chi connectivity index (χ2n) is 11.6. The molecular formula is C31H38ClN3O3S2. The lowest BCUT2D eigenvalue weighted by Crippen LogP contribution is -2.28. The van der Waals surface area contributed by atoms with Crippen LogP contribution in [0, 0.1) is 11.8 Å². The van der Waals surface area contributed by atoms with Crippen molar-refractivity contribution < 1.29 is 13.2 Å². The van der Waals surface area contributed by atoms with Gasteiger partial charge in [0.25, 0.3) is 0 Å². The minimum absolute atomic E-state index is 0.156. The molecule has 214 valence electrons. The van der Waals surface area contributed by atoms with Gasteiger partial charge in [-0.05, 0) is 60.6 Å². The number of carbonyl (C=O) groups excluding carboxylic acids is 1. The predicted molar refractivity (Wildman–Crippen MR) is 163 cm³/mol. The summed E-state index contributed by atoms with van der Waals surface area (Å²) in [6, 6.07) is 15.1. The number of rotatable bonds is 10. The van der Waals surface area contributed by atoms with E-state index in [0.29, 0.717) is 21.9 Å². The molecule has 1 saturated carbocycles. The number of halogens is 1. The van der Waals surface area contributed by atoms with Crippen molar-refractivity contribution in [3.05, 3.63) is 75.3 Å². The quantitative estimate of drug-likeness (QED) is 0.259. The largest absolute Gasteiger partial charge is 0.302 e. The Bertz CT molecular complexity index is 1430. The van der Waals surface area contributed by atoms with Crippen LogP contribution in [0.2, 0.25) is 5.02 Å². The molecule has 1 unspecified atom stereocenters. The fourth-order valence-corrected chi connectivity index (χ4v) is 8.74. The number of sulfone groups is 1. The molecule has 1 amide bonds. The van der Waals surface area contributed by atoms with Gasteiger partial charge in [-0.15, -0.1) is 0 Å². The Morgan fingerprint density at radius 2 is 1.73 bits per heavy atom. The Kier molecular flexibility index (Phi) is 9.00. The van der Waals surface area contributed by atoms with Crippen molar-refractivity contribution in [1.29, 1.82) is 0 Å². The Morgan fingerprint density at radius 1 is 1.07 bits per heavy atom. The maximum absolute atomic E-state index is 12.9. The van der Waals surface area contributed by atoms with E-state index in [1.54, 1.807) is 35.6 Å². The highest BCUT2D eigenvalue weighted by Gasteiger charge is 2.41. The zero-order valence-corrected chi connectivity index (χ0v) is 25.8. The van der Waals surface area contributed by atoms with Gasteiger partial charge in [-0.2, -0.15) is 0 Å². The molecule has 0 saturated heterocycles. The van der Waals surface area contributed by atoms with E-state index in [0.717, 1.165) is 42.1 Å². The summed E-state index contributed by atoms with van der Waals surface area (Å²) in [4.78, 5) is 21.8. The van der Waals surface area contributed by atoms with Gasteiger partial charge in [0, 0.05) is 22.5 Å². The SMILES string of the molecule is CC(C)[C@H]1c2nc(NC(=O)Cc3ccc(S(=O)(=O)CCC4CCCC4)cc3)sc2C(C)N1Cc1ccc(Cl)cc1. The van der Waals surface area contributed by atoms with Crippen LogP contribution in [0.25, 0.3) is 0 Å². The van der Waals surface area contributed by atoms with Gasteiger partial charge in [-0.25, -0.2) is 13.4 Å². The maximum atomic E-state index is 12.9. The molecule has 2 heterocycles. The van der Waals surface area contributed by atoms with Crippen LogP contribution in [0.5, 0.6) is 0 Å². The van der Waals surface area contributed by atoms with E-state index < -0.39 is 9.84 Å². The van der Waals surface area contributed by atoms with Crippen molar-refractivity contribution in [2.75, 3.05) is 11.1 Å². The predicted octanol–water partition coefficient (Wildman–Crippen LogP) is 7.61. The number of thiazole rings is 1. The summed E-state index contributed by atoms with van der Waals surface area (Å²) in [6.07, 6.45) is 5.61. The fourth-order valence-electron chi connectivity index (χ4n) is 6.09. The highest BCUT2D eigenvalue weighted by molar-refractivity contribution is 7.91. The number of aromatic nitrogens is 1. The highest BCUT2D eigenvalue weighted by atomic mass is 35.5. The van der Waals surface area contributed by atoms with E-state index in [-0.39, 0.29) is 30.2 Å². The molecule has 3 aromatic rings. The number of benzene rings is 2. The molecule has 40 heavy (non-hydrogen) atoms. The number of amides is 1. The van der Waals surface area contributed by atoms with E-state index in [1.807, 2.05) is 12.1 Å². The second-order valence-corrected chi connectivity index (χ2v) is 15.1. The van der Waals surface area contributed by atoms with Crippen LogP contribution in [0.4, 0.5) is 5.13 Å². The van der Waals surface area contributed by atoms with Crippen LogP contribution in [-0.4, -0.2) is 30.0 Å². The minimum Gasteiger partial charge on any atom is -0.302 e. The molecule has 1 aliphatic carbocycles. The minimum atomic E-state index is -3.30. The van der Waals surface area contributed by atoms with Gasteiger partial charge < -0.3 is 5.32 Å². The average Bonchev–Trinajstić information content (AvgIpc) is 3.63. The van der Waals surface area contributed by atoms with Gasteiger partial charge in [0.2, 0.25) is 5.91 Å². The number of hydrogen-bond donors (Lipinski definition) is 1. The topological polar surface area (TPSA) is 79.4 Å². The van der Waals surface area contributed by atoms with Crippen molar-refractivity contribution in [3.63, 3.8) is 0 Å². The number of carbonyl (C=O) groups is 1. The Balaban J connectivity index is 1.20. The monoisotopic (exact) mass is 599 g/mol. The third kappa shape index (κ3) is 6.62. The molecule has 1 aliphatic heterocycles.